The number of aliphatic carboxylic acids is 1. The van der Waals surface area contributed by atoms with Crippen molar-refractivity contribution < 1.29 is 19.4 Å². The molecule has 1 aliphatic rings. The molecule has 1 saturated heterocycles. The molecule has 116 valence electrons. The molecule has 1 aliphatic heterocycles. The number of hydrogen-bond acceptors (Lipinski definition) is 5. The van der Waals surface area contributed by atoms with Gasteiger partial charge in [-0.3, -0.25) is 14.5 Å². The standard InChI is InChI=1S/C13H25N3O4/c1-20-9-2-4-11(14)13(19)16-6-3-5-15(7-8-16)10-12(17)18/h11H,2-10,14H2,1H3,(H,17,18). The lowest BCUT2D eigenvalue weighted by Gasteiger charge is -2.24. The third-order valence-electron chi connectivity index (χ3n) is 3.44. The fourth-order valence-electron chi connectivity index (χ4n) is 2.35. The van der Waals surface area contributed by atoms with E-state index in [4.69, 9.17) is 15.6 Å². The number of hydrogen-bond donors (Lipinski definition) is 2. The molecule has 1 amide bonds. The van der Waals surface area contributed by atoms with E-state index in [9.17, 15) is 9.59 Å². The SMILES string of the molecule is COCCCC(N)C(=O)N1CCCN(CC(=O)O)CC1. The van der Waals surface area contributed by atoms with Crippen molar-refractivity contribution in [1.29, 1.82) is 0 Å². The second-order valence-corrected chi connectivity index (χ2v) is 5.09. The predicted octanol–water partition coefficient (Wildman–Crippen LogP) is -0.641. The van der Waals surface area contributed by atoms with Crippen LogP contribution in [-0.2, 0) is 14.3 Å². The number of carbonyl (C=O) groups excluding carboxylic acids is 1. The van der Waals surface area contributed by atoms with Crippen molar-refractivity contribution in [1.82, 2.24) is 9.80 Å². The van der Waals surface area contributed by atoms with E-state index in [2.05, 4.69) is 0 Å². The van der Waals surface area contributed by atoms with Gasteiger partial charge in [0.15, 0.2) is 0 Å². The van der Waals surface area contributed by atoms with Crippen LogP contribution in [0.15, 0.2) is 0 Å². The molecule has 1 atom stereocenters. The quantitative estimate of drug-likeness (QED) is 0.605. The highest BCUT2D eigenvalue weighted by Gasteiger charge is 2.23. The van der Waals surface area contributed by atoms with E-state index < -0.39 is 12.0 Å². The zero-order valence-electron chi connectivity index (χ0n) is 12.1. The van der Waals surface area contributed by atoms with Crippen LogP contribution in [0, 0.1) is 0 Å². The van der Waals surface area contributed by atoms with Crippen LogP contribution in [0.1, 0.15) is 19.3 Å². The topological polar surface area (TPSA) is 96.1 Å². The van der Waals surface area contributed by atoms with Gasteiger partial charge in [0.1, 0.15) is 0 Å². The summed E-state index contributed by atoms with van der Waals surface area (Å²) in [5.41, 5.74) is 5.90. The predicted molar refractivity (Wildman–Crippen MR) is 74.4 cm³/mol. The van der Waals surface area contributed by atoms with Crippen LogP contribution in [0.5, 0.6) is 0 Å². The van der Waals surface area contributed by atoms with Crippen LogP contribution in [0.2, 0.25) is 0 Å². The lowest BCUT2D eigenvalue weighted by molar-refractivity contribution is -0.138. The smallest absolute Gasteiger partial charge is 0.317 e. The Kier molecular flexibility index (Phi) is 7.50. The normalized spacial score (nSPS) is 18.6. The molecule has 0 saturated carbocycles. The molecule has 0 aliphatic carbocycles. The number of carboxylic acids is 1. The molecule has 1 rings (SSSR count). The summed E-state index contributed by atoms with van der Waals surface area (Å²) in [6.45, 7) is 3.12. The Morgan fingerprint density at radius 3 is 2.70 bits per heavy atom. The first-order chi connectivity index (χ1) is 9.54. The maximum absolute atomic E-state index is 12.2. The monoisotopic (exact) mass is 287 g/mol. The highest BCUT2D eigenvalue weighted by atomic mass is 16.5. The Morgan fingerprint density at radius 1 is 1.30 bits per heavy atom. The molecule has 0 bridgehead atoms. The fraction of sp³-hybridized carbons (Fsp3) is 0.846. The molecule has 1 unspecified atom stereocenters. The molecule has 20 heavy (non-hydrogen) atoms. The second kappa shape index (κ2) is 8.89. The van der Waals surface area contributed by atoms with E-state index in [1.165, 1.54) is 0 Å². The Balaban J connectivity index is 2.39. The summed E-state index contributed by atoms with van der Waals surface area (Å²) in [5.74, 6) is -0.876. The highest BCUT2D eigenvalue weighted by Crippen LogP contribution is 2.07. The highest BCUT2D eigenvalue weighted by molar-refractivity contribution is 5.81. The number of ether oxygens (including phenoxy) is 1. The molecule has 0 radical (unpaired) electrons. The average molecular weight is 287 g/mol. The number of amides is 1. The van der Waals surface area contributed by atoms with Crippen molar-refractivity contribution in [3.05, 3.63) is 0 Å². The van der Waals surface area contributed by atoms with Crippen LogP contribution in [0.3, 0.4) is 0 Å². The van der Waals surface area contributed by atoms with E-state index in [1.54, 1.807) is 12.0 Å². The Labute approximate surface area is 119 Å². The van der Waals surface area contributed by atoms with E-state index in [0.29, 0.717) is 39.2 Å². The molecule has 0 aromatic rings. The lowest BCUT2D eigenvalue weighted by atomic mass is 10.1. The summed E-state index contributed by atoms with van der Waals surface area (Å²) in [7, 11) is 1.62. The number of carboxylic acid groups (broad SMARTS) is 1. The lowest BCUT2D eigenvalue weighted by Crippen LogP contribution is -2.45. The van der Waals surface area contributed by atoms with Gasteiger partial charge in [-0.15, -0.1) is 0 Å². The summed E-state index contributed by atoms with van der Waals surface area (Å²) in [6, 6.07) is -0.490. The van der Waals surface area contributed by atoms with Gasteiger partial charge in [0.05, 0.1) is 12.6 Å². The van der Waals surface area contributed by atoms with Gasteiger partial charge in [-0.25, -0.2) is 0 Å². The van der Waals surface area contributed by atoms with Crippen LogP contribution in [-0.4, -0.2) is 79.3 Å². The third kappa shape index (κ3) is 5.85. The van der Waals surface area contributed by atoms with Gasteiger partial charge in [-0.2, -0.15) is 0 Å². The van der Waals surface area contributed by atoms with E-state index in [-0.39, 0.29) is 12.5 Å². The second-order valence-electron chi connectivity index (χ2n) is 5.09. The van der Waals surface area contributed by atoms with Crippen molar-refractivity contribution in [2.75, 3.05) is 46.4 Å². The van der Waals surface area contributed by atoms with Crippen molar-refractivity contribution >= 4 is 11.9 Å². The molecule has 0 aromatic heterocycles. The minimum absolute atomic E-state index is 0.0297. The molecule has 1 heterocycles. The van der Waals surface area contributed by atoms with Crippen LogP contribution < -0.4 is 5.73 Å². The van der Waals surface area contributed by atoms with E-state index in [0.717, 1.165) is 12.8 Å². The van der Waals surface area contributed by atoms with E-state index in [1.807, 2.05) is 4.90 Å². The Morgan fingerprint density at radius 2 is 2.05 bits per heavy atom. The van der Waals surface area contributed by atoms with E-state index >= 15 is 0 Å². The Hall–Kier alpha value is -1.18. The largest absolute Gasteiger partial charge is 0.480 e. The fourth-order valence-corrected chi connectivity index (χ4v) is 2.35. The molecule has 1 fully saturated rings. The number of methoxy groups -OCH3 is 1. The minimum Gasteiger partial charge on any atom is -0.480 e. The summed E-state index contributed by atoms with van der Waals surface area (Å²) >= 11 is 0. The maximum Gasteiger partial charge on any atom is 0.317 e. The molecule has 7 heteroatoms. The van der Waals surface area contributed by atoms with Crippen molar-refractivity contribution in [3.63, 3.8) is 0 Å². The van der Waals surface area contributed by atoms with Crippen LogP contribution in [0.4, 0.5) is 0 Å². The van der Waals surface area contributed by atoms with Crippen molar-refractivity contribution in [2.24, 2.45) is 5.73 Å². The number of nitrogens with zero attached hydrogens (tertiary/aromatic N) is 2. The summed E-state index contributed by atoms with van der Waals surface area (Å²) in [5, 5.41) is 8.79. The number of nitrogens with two attached hydrogens (primary N) is 1. The van der Waals surface area contributed by atoms with Crippen LogP contribution >= 0.6 is 0 Å². The Bertz CT molecular complexity index is 325. The van der Waals surface area contributed by atoms with Gasteiger partial charge in [-0.05, 0) is 19.3 Å². The third-order valence-corrected chi connectivity index (χ3v) is 3.44. The van der Waals surface area contributed by atoms with Gasteiger partial charge >= 0.3 is 5.97 Å². The summed E-state index contributed by atoms with van der Waals surface area (Å²) in [6.07, 6.45) is 2.16. The first-order valence-electron chi connectivity index (χ1n) is 7.02. The minimum atomic E-state index is -0.832. The summed E-state index contributed by atoms with van der Waals surface area (Å²) < 4.78 is 4.95. The molecular weight excluding hydrogens is 262 g/mol. The first kappa shape index (κ1) is 16.9. The van der Waals surface area contributed by atoms with Gasteiger partial charge in [0, 0.05) is 39.9 Å². The van der Waals surface area contributed by atoms with Crippen molar-refractivity contribution in [3.8, 4) is 0 Å². The van der Waals surface area contributed by atoms with Gasteiger partial charge in [0.25, 0.3) is 0 Å². The molecular formula is C13H25N3O4. The van der Waals surface area contributed by atoms with Crippen molar-refractivity contribution in [2.45, 2.75) is 25.3 Å². The zero-order valence-corrected chi connectivity index (χ0v) is 12.1. The molecule has 0 spiro atoms. The number of carbonyl (C=O) groups is 2. The average Bonchev–Trinajstić information content (AvgIpc) is 2.63. The van der Waals surface area contributed by atoms with Crippen LogP contribution in [0.25, 0.3) is 0 Å². The maximum atomic E-state index is 12.2. The molecule has 7 nitrogen and oxygen atoms in total. The van der Waals surface area contributed by atoms with Gasteiger partial charge in [-0.1, -0.05) is 0 Å². The van der Waals surface area contributed by atoms with Gasteiger partial charge < -0.3 is 20.5 Å². The molecule has 0 aromatic carbocycles. The zero-order chi connectivity index (χ0) is 15.0. The first-order valence-corrected chi connectivity index (χ1v) is 7.02. The number of rotatable bonds is 7. The summed E-state index contributed by atoms with van der Waals surface area (Å²) in [4.78, 5) is 26.5. The molecule has 3 N–H and O–H groups in total. The van der Waals surface area contributed by atoms with Gasteiger partial charge in [0.2, 0.25) is 5.91 Å².